The average Bonchev–Trinajstić information content (AvgIpc) is 2.74. The number of rotatable bonds is 4. The van der Waals surface area contributed by atoms with E-state index in [2.05, 4.69) is 11.8 Å². The molecule has 4 heteroatoms. The second kappa shape index (κ2) is 7.34. The van der Waals surface area contributed by atoms with E-state index in [1.807, 2.05) is 0 Å². The maximum absolute atomic E-state index is 11.1. The molecule has 1 saturated carbocycles. The Kier molecular flexibility index (Phi) is 6.44. The van der Waals surface area contributed by atoms with Gasteiger partial charge in [-0.05, 0) is 50.6 Å². The van der Waals surface area contributed by atoms with Gasteiger partial charge in [-0.25, -0.2) is 0 Å². The minimum absolute atomic E-state index is 0. The SMILES string of the molecule is CC1CCCC(CCN2CCCC2C(=O)O)C1.Cl. The summed E-state index contributed by atoms with van der Waals surface area (Å²) in [6, 6.07) is -0.198. The number of carboxylic acids is 1. The molecular weight excluding hydrogens is 250 g/mol. The minimum atomic E-state index is -0.625. The van der Waals surface area contributed by atoms with Gasteiger partial charge in [0.25, 0.3) is 0 Å². The fraction of sp³-hybridized carbons (Fsp3) is 0.929. The Morgan fingerprint density at radius 3 is 2.72 bits per heavy atom. The summed E-state index contributed by atoms with van der Waals surface area (Å²) in [4.78, 5) is 13.3. The summed E-state index contributed by atoms with van der Waals surface area (Å²) in [6.07, 6.45) is 8.57. The zero-order valence-corrected chi connectivity index (χ0v) is 12.1. The van der Waals surface area contributed by atoms with Gasteiger partial charge in [-0.1, -0.05) is 26.2 Å². The highest BCUT2D eigenvalue weighted by atomic mass is 35.5. The quantitative estimate of drug-likeness (QED) is 0.857. The number of hydrogen-bond acceptors (Lipinski definition) is 2. The zero-order chi connectivity index (χ0) is 12.3. The molecule has 0 bridgehead atoms. The van der Waals surface area contributed by atoms with Gasteiger partial charge < -0.3 is 5.11 Å². The van der Waals surface area contributed by atoms with Crippen molar-refractivity contribution in [1.82, 2.24) is 4.90 Å². The average molecular weight is 276 g/mol. The third-order valence-corrected chi connectivity index (χ3v) is 4.52. The standard InChI is InChI=1S/C14H25NO2.ClH/c1-11-4-2-5-12(10-11)7-9-15-8-3-6-13(15)14(16)17;/h11-13H,2-10H2,1H3,(H,16,17);1H. The van der Waals surface area contributed by atoms with E-state index in [-0.39, 0.29) is 18.4 Å². The summed E-state index contributed by atoms with van der Waals surface area (Å²) in [6.45, 7) is 4.33. The number of halogens is 1. The van der Waals surface area contributed by atoms with E-state index >= 15 is 0 Å². The van der Waals surface area contributed by atoms with Crippen molar-refractivity contribution in [2.75, 3.05) is 13.1 Å². The van der Waals surface area contributed by atoms with E-state index in [0.29, 0.717) is 0 Å². The lowest BCUT2D eigenvalue weighted by Crippen LogP contribution is -2.37. The molecule has 0 amide bonds. The highest BCUT2D eigenvalue weighted by Crippen LogP contribution is 2.31. The first kappa shape index (κ1) is 15.8. The van der Waals surface area contributed by atoms with Gasteiger partial charge >= 0.3 is 5.97 Å². The van der Waals surface area contributed by atoms with E-state index in [4.69, 9.17) is 5.11 Å². The van der Waals surface area contributed by atoms with Gasteiger partial charge in [0.1, 0.15) is 6.04 Å². The summed E-state index contributed by atoms with van der Waals surface area (Å²) < 4.78 is 0. The van der Waals surface area contributed by atoms with Crippen molar-refractivity contribution in [3.8, 4) is 0 Å². The van der Waals surface area contributed by atoms with Gasteiger partial charge in [0.15, 0.2) is 0 Å². The summed E-state index contributed by atoms with van der Waals surface area (Å²) in [5.74, 6) is 1.09. The molecule has 0 aromatic heterocycles. The number of likely N-dealkylation sites (tertiary alicyclic amines) is 1. The number of carboxylic acid groups (broad SMARTS) is 1. The van der Waals surface area contributed by atoms with Crippen molar-refractivity contribution >= 4 is 18.4 Å². The molecular formula is C14H26ClNO2. The van der Waals surface area contributed by atoms with E-state index < -0.39 is 5.97 Å². The Hall–Kier alpha value is -0.280. The van der Waals surface area contributed by atoms with Crippen LogP contribution in [0.5, 0.6) is 0 Å². The van der Waals surface area contributed by atoms with Crippen LogP contribution in [0.1, 0.15) is 51.9 Å². The van der Waals surface area contributed by atoms with Crippen LogP contribution in [0, 0.1) is 11.8 Å². The van der Waals surface area contributed by atoms with Crippen LogP contribution in [-0.2, 0) is 4.79 Å². The highest BCUT2D eigenvalue weighted by molar-refractivity contribution is 5.85. The molecule has 3 nitrogen and oxygen atoms in total. The fourth-order valence-corrected chi connectivity index (χ4v) is 3.54. The number of carbonyl (C=O) groups is 1. The van der Waals surface area contributed by atoms with Crippen LogP contribution < -0.4 is 0 Å². The fourth-order valence-electron chi connectivity index (χ4n) is 3.54. The van der Waals surface area contributed by atoms with E-state index in [9.17, 15) is 4.79 Å². The summed E-state index contributed by atoms with van der Waals surface area (Å²) >= 11 is 0. The summed E-state index contributed by atoms with van der Waals surface area (Å²) in [7, 11) is 0. The zero-order valence-electron chi connectivity index (χ0n) is 11.3. The Morgan fingerprint density at radius 2 is 2.06 bits per heavy atom. The van der Waals surface area contributed by atoms with E-state index in [1.54, 1.807) is 0 Å². The van der Waals surface area contributed by atoms with Crippen LogP contribution in [0.2, 0.25) is 0 Å². The molecule has 0 aromatic rings. The number of hydrogen-bond donors (Lipinski definition) is 1. The molecule has 3 atom stereocenters. The van der Waals surface area contributed by atoms with Crippen LogP contribution in [0.25, 0.3) is 0 Å². The first-order chi connectivity index (χ1) is 8.16. The van der Waals surface area contributed by atoms with Crippen molar-refractivity contribution in [3.63, 3.8) is 0 Å². The lowest BCUT2D eigenvalue weighted by atomic mass is 9.81. The van der Waals surface area contributed by atoms with Crippen molar-refractivity contribution in [1.29, 1.82) is 0 Å². The molecule has 1 N–H and O–H groups in total. The van der Waals surface area contributed by atoms with Gasteiger partial charge in [-0.2, -0.15) is 0 Å². The Bertz CT molecular complexity index is 273. The topological polar surface area (TPSA) is 40.5 Å². The van der Waals surface area contributed by atoms with Crippen LogP contribution in [0.3, 0.4) is 0 Å². The van der Waals surface area contributed by atoms with Crippen LogP contribution in [0.15, 0.2) is 0 Å². The predicted molar refractivity (Wildman–Crippen MR) is 75.2 cm³/mol. The highest BCUT2D eigenvalue weighted by Gasteiger charge is 2.30. The molecule has 0 aromatic carbocycles. The lowest BCUT2D eigenvalue weighted by molar-refractivity contribution is -0.142. The van der Waals surface area contributed by atoms with Crippen LogP contribution in [0.4, 0.5) is 0 Å². The Morgan fingerprint density at radius 1 is 1.28 bits per heavy atom. The molecule has 1 saturated heterocycles. The van der Waals surface area contributed by atoms with E-state index in [1.165, 1.54) is 32.1 Å². The summed E-state index contributed by atoms with van der Waals surface area (Å²) in [5, 5.41) is 9.12. The van der Waals surface area contributed by atoms with Gasteiger partial charge in [-0.15, -0.1) is 12.4 Å². The van der Waals surface area contributed by atoms with Crippen LogP contribution >= 0.6 is 12.4 Å². The number of nitrogens with zero attached hydrogens (tertiary/aromatic N) is 1. The van der Waals surface area contributed by atoms with Crippen molar-refractivity contribution in [2.24, 2.45) is 11.8 Å². The molecule has 1 heterocycles. The Balaban J connectivity index is 0.00000162. The van der Waals surface area contributed by atoms with Crippen molar-refractivity contribution in [3.05, 3.63) is 0 Å². The molecule has 2 rings (SSSR count). The molecule has 18 heavy (non-hydrogen) atoms. The summed E-state index contributed by atoms with van der Waals surface area (Å²) in [5.41, 5.74) is 0. The maximum Gasteiger partial charge on any atom is 0.320 e. The molecule has 106 valence electrons. The van der Waals surface area contributed by atoms with Crippen molar-refractivity contribution in [2.45, 2.75) is 57.9 Å². The first-order valence-electron chi connectivity index (χ1n) is 7.13. The first-order valence-corrected chi connectivity index (χ1v) is 7.13. The molecule has 1 aliphatic heterocycles. The van der Waals surface area contributed by atoms with Gasteiger partial charge in [0.2, 0.25) is 0 Å². The van der Waals surface area contributed by atoms with Crippen LogP contribution in [-0.4, -0.2) is 35.1 Å². The van der Waals surface area contributed by atoms with E-state index in [0.717, 1.165) is 37.8 Å². The van der Waals surface area contributed by atoms with Crippen molar-refractivity contribution < 1.29 is 9.90 Å². The monoisotopic (exact) mass is 275 g/mol. The molecule has 2 fully saturated rings. The third-order valence-electron chi connectivity index (χ3n) is 4.52. The largest absolute Gasteiger partial charge is 0.480 e. The minimum Gasteiger partial charge on any atom is -0.480 e. The third kappa shape index (κ3) is 4.13. The smallest absolute Gasteiger partial charge is 0.320 e. The van der Waals surface area contributed by atoms with Gasteiger partial charge in [-0.3, -0.25) is 9.69 Å². The molecule has 1 aliphatic carbocycles. The molecule has 0 radical (unpaired) electrons. The second-order valence-electron chi connectivity index (χ2n) is 5.96. The van der Waals surface area contributed by atoms with Gasteiger partial charge in [0.05, 0.1) is 0 Å². The van der Waals surface area contributed by atoms with Gasteiger partial charge in [0, 0.05) is 0 Å². The molecule has 2 aliphatic rings. The predicted octanol–water partition coefficient (Wildman–Crippen LogP) is 3.17. The number of aliphatic carboxylic acids is 1. The lowest BCUT2D eigenvalue weighted by Gasteiger charge is -2.29. The molecule has 0 spiro atoms. The maximum atomic E-state index is 11.1. The normalized spacial score (nSPS) is 33.1. The Labute approximate surface area is 116 Å². The molecule has 3 unspecified atom stereocenters. The second-order valence-corrected chi connectivity index (χ2v) is 5.96.